The average Bonchev–Trinajstić information content (AvgIpc) is 2.45. The molecule has 0 spiro atoms. The summed E-state index contributed by atoms with van der Waals surface area (Å²) in [5.41, 5.74) is 1.75. The molecule has 1 aliphatic rings. The molecule has 0 fully saturated rings. The van der Waals surface area contributed by atoms with E-state index >= 15 is 0 Å². The maximum absolute atomic E-state index is 11.5. The molecule has 4 heteroatoms. The second kappa shape index (κ2) is 8.12. The Morgan fingerprint density at radius 2 is 2.00 bits per heavy atom. The van der Waals surface area contributed by atoms with Gasteiger partial charge in [-0.05, 0) is 27.8 Å². The molecule has 1 aliphatic heterocycles. The van der Waals surface area contributed by atoms with E-state index in [1.165, 1.54) is 0 Å². The first-order valence-corrected chi connectivity index (χ1v) is 6.37. The van der Waals surface area contributed by atoms with Crippen molar-refractivity contribution in [3.8, 4) is 0 Å². The van der Waals surface area contributed by atoms with Crippen molar-refractivity contribution in [2.45, 2.75) is 40.7 Å². The Morgan fingerprint density at radius 3 is 2.47 bits per heavy atom. The van der Waals surface area contributed by atoms with Crippen molar-refractivity contribution in [3.05, 3.63) is 11.3 Å². The van der Waals surface area contributed by atoms with E-state index in [4.69, 9.17) is 4.74 Å². The fraction of sp³-hybridized carbons (Fsp3) is 0.769. The highest BCUT2D eigenvalue weighted by molar-refractivity contribution is 5.88. The molecule has 1 unspecified atom stereocenters. The molecule has 0 aliphatic carbocycles. The number of nitrogens with one attached hydrogen (secondary N) is 1. The van der Waals surface area contributed by atoms with Gasteiger partial charge >= 0.3 is 5.97 Å². The summed E-state index contributed by atoms with van der Waals surface area (Å²) in [7, 11) is 1.91. The highest BCUT2D eigenvalue weighted by Crippen LogP contribution is 2.18. The quantitative estimate of drug-likeness (QED) is 0.766. The molecule has 17 heavy (non-hydrogen) atoms. The van der Waals surface area contributed by atoms with Gasteiger partial charge in [0.25, 0.3) is 0 Å². The Morgan fingerprint density at radius 1 is 1.41 bits per heavy atom. The molecule has 1 N–H and O–H groups in total. The van der Waals surface area contributed by atoms with Gasteiger partial charge in [-0.3, -0.25) is 0 Å². The summed E-state index contributed by atoms with van der Waals surface area (Å²) >= 11 is 0. The van der Waals surface area contributed by atoms with Gasteiger partial charge in [-0.2, -0.15) is 0 Å². The minimum absolute atomic E-state index is 0.190. The first-order valence-electron chi connectivity index (χ1n) is 6.37. The minimum atomic E-state index is -0.190. The van der Waals surface area contributed by atoms with Crippen LogP contribution in [0.4, 0.5) is 0 Å². The number of hydrogen-bond donors (Lipinski definition) is 1. The monoisotopic (exact) mass is 242 g/mol. The van der Waals surface area contributed by atoms with Crippen LogP contribution in [0.2, 0.25) is 0 Å². The third kappa shape index (κ3) is 4.04. The summed E-state index contributed by atoms with van der Waals surface area (Å²) in [5.74, 6) is -0.190. The topological polar surface area (TPSA) is 41.6 Å². The lowest BCUT2D eigenvalue weighted by Crippen LogP contribution is -2.42. The molecular weight excluding hydrogens is 216 g/mol. The molecule has 0 radical (unpaired) electrons. The van der Waals surface area contributed by atoms with E-state index in [-0.39, 0.29) is 12.0 Å². The van der Waals surface area contributed by atoms with Crippen molar-refractivity contribution in [2.24, 2.45) is 0 Å². The zero-order valence-corrected chi connectivity index (χ0v) is 12.0. The molecule has 0 amide bonds. The summed E-state index contributed by atoms with van der Waals surface area (Å²) in [4.78, 5) is 13.7. The van der Waals surface area contributed by atoms with E-state index in [0.29, 0.717) is 6.61 Å². The summed E-state index contributed by atoms with van der Waals surface area (Å²) in [6.45, 7) is 12.1. The van der Waals surface area contributed by atoms with Gasteiger partial charge < -0.3 is 15.0 Å². The zero-order chi connectivity index (χ0) is 13.4. The normalized spacial score (nSPS) is 20.5. The lowest BCUT2D eigenvalue weighted by Gasteiger charge is -2.31. The van der Waals surface area contributed by atoms with E-state index in [1.807, 2.05) is 34.7 Å². The van der Waals surface area contributed by atoms with Crippen LogP contribution in [-0.2, 0) is 9.53 Å². The Hall–Kier alpha value is -1.03. The van der Waals surface area contributed by atoms with E-state index < -0.39 is 0 Å². The van der Waals surface area contributed by atoms with Crippen LogP contribution >= 0.6 is 0 Å². The fourth-order valence-corrected chi connectivity index (χ4v) is 1.91. The summed E-state index contributed by atoms with van der Waals surface area (Å²) < 4.78 is 5.20. The molecule has 0 bridgehead atoms. The van der Waals surface area contributed by atoms with Crippen molar-refractivity contribution in [2.75, 3.05) is 26.7 Å². The number of nitrogens with zero attached hydrogens (tertiary/aromatic N) is 1. The molecule has 100 valence electrons. The average molecular weight is 242 g/mol. The van der Waals surface area contributed by atoms with Crippen molar-refractivity contribution in [3.63, 3.8) is 0 Å². The van der Waals surface area contributed by atoms with Gasteiger partial charge in [-0.25, -0.2) is 4.79 Å². The number of likely N-dealkylation sites (N-methyl/N-ethyl adjacent to an activating group) is 2. The van der Waals surface area contributed by atoms with Crippen LogP contribution in [0.5, 0.6) is 0 Å². The zero-order valence-electron chi connectivity index (χ0n) is 12.0. The Kier molecular flexibility index (Phi) is 7.63. The molecule has 0 aromatic rings. The number of hydrogen-bond acceptors (Lipinski definition) is 4. The first-order chi connectivity index (χ1) is 8.11. The van der Waals surface area contributed by atoms with Gasteiger partial charge in [0.2, 0.25) is 0 Å². The highest BCUT2D eigenvalue weighted by Gasteiger charge is 2.25. The first kappa shape index (κ1) is 16.0. The van der Waals surface area contributed by atoms with Crippen molar-refractivity contribution in [1.82, 2.24) is 10.2 Å². The maximum Gasteiger partial charge on any atom is 0.335 e. The van der Waals surface area contributed by atoms with Crippen LogP contribution in [0.3, 0.4) is 0 Å². The van der Waals surface area contributed by atoms with Crippen molar-refractivity contribution < 1.29 is 9.53 Å². The van der Waals surface area contributed by atoms with Crippen molar-refractivity contribution >= 4 is 5.97 Å². The number of rotatable bonds is 3. The van der Waals surface area contributed by atoms with Gasteiger partial charge in [0, 0.05) is 18.8 Å². The van der Waals surface area contributed by atoms with Crippen LogP contribution in [0.25, 0.3) is 0 Å². The van der Waals surface area contributed by atoms with E-state index in [1.54, 1.807) is 0 Å². The van der Waals surface area contributed by atoms with Crippen LogP contribution in [0.15, 0.2) is 11.3 Å². The fourth-order valence-electron chi connectivity index (χ4n) is 1.91. The lowest BCUT2D eigenvalue weighted by molar-refractivity contribution is -0.139. The minimum Gasteiger partial charge on any atom is -0.460 e. The third-order valence-corrected chi connectivity index (χ3v) is 2.91. The second-order valence-corrected chi connectivity index (χ2v) is 3.81. The largest absolute Gasteiger partial charge is 0.460 e. The van der Waals surface area contributed by atoms with Crippen LogP contribution in [-0.4, -0.2) is 43.7 Å². The van der Waals surface area contributed by atoms with Crippen LogP contribution in [0, 0.1) is 0 Å². The maximum atomic E-state index is 11.5. The standard InChI is InChI=1S/C11H20N2O2.C2H6/c1-5-13-9(3)8(2)11(14)15-7-10(13)6-12-4;1-2/h10,12H,5-7H2,1-4H3;1-2H3. The second-order valence-electron chi connectivity index (χ2n) is 3.81. The Bertz CT molecular complexity index is 275. The third-order valence-electron chi connectivity index (χ3n) is 2.91. The van der Waals surface area contributed by atoms with E-state index in [9.17, 15) is 4.79 Å². The van der Waals surface area contributed by atoms with E-state index in [0.717, 1.165) is 24.4 Å². The molecule has 0 saturated carbocycles. The highest BCUT2D eigenvalue weighted by atomic mass is 16.5. The molecule has 0 aromatic carbocycles. The van der Waals surface area contributed by atoms with Gasteiger partial charge in [0.1, 0.15) is 6.61 Å². The molecule has 1 rings (SSSR count). The van der Waals surface area contributed by atoms with Gasteiger partial charge in [-0.1, -0.05) is 13.8 Å². The lowest BCUT2D eigenvalue weighted by atomic mass is 10.2. The molecule has 4 nitrogen and oxygen atoms in total. The van der Waals surface area contributed by atoms with Gasteiger partial charge in [0.05, 0.1) is 11.6 Å². The number of esters is 1. The van der Waals surface area contributed by atoms with Gasteiger partial charge in [-0.15, -0.1) is 0 Å². The Labute approximate surface area is 105 Å². The van der Waals surface area contributed by atoms with Gasteiger partial charge in [0.15, 0.2) is 0 Å². The number of carbonyl (C=O) groups excluding carboxylic acids is 1. The Balaban J connectivity index is 0.00000121. The van der Waals surface area contributed by atoms with Crippen LogP contribution < -0.4 is 5.32 Å². The van der Waals surface area contributed by atoms with Crippen molar-refractivity contribution in [1.29, 1.82) is 0 Å². The summed E-state index contributed by atoms with van der Waals surface area (Å²) in [6, 6.07) is 0.237. The number of allylic oxidation sites excluding steroid dienone is 1. The number of ether oxygens (including phenoxy) is 1. The molecule has 0 aromatic heterocycles. The van der Waals surface area contributed by atoms with E-state index in [2.05, 4.69) is 17.1 Å². The SMILES string of the molecule is CC.CCN1C(C)=C(C)C(=O)OCC1CNC. The van der Waals surface area contributed by atoms with Crippen LogP contribution in [0.1, 0.15) is 34.6 Å². The molecule has 1 atom stereocenters. The summed E-state index contributed by atoms with van der Waals surface area (Å²) in [6.07, 6.45) is 0. The summed E-state index contributed by atoms with van der Waals surface area (Å²) in [5, 5.41) is 3.12. The molecule has 0 saturated heterocycles. The molecular formula is C13H26N2O2. The molecule has 1 heterocycles. The number of carbonyl (C=O) groups is 1. The predicted octanol–water partition coefficient (Wildman–Crippen LogP) is 1.77. The predicted molar refractivity (Wildman–Crippen MR) is 70.8 cm³/mol. The smallest absolute Gasteiger partial charge is 0.335 e. The number of cyclic esters (lactones) is 1.